The molecule has 0 aromatic carbocycles. The minimum atomic E-state index is -0.264. The van der Waals surface area contributed by atoms with Gasteiger partial charge in [-0.1, -0.05) is 5.92 Å². The van der Waals surface area contributed by atoms with Crippen LogP contribution in [0, 0.1) is 12.3 Å². The van der Waals surface area contributed by atoms with Crippen LogP contribution >= 0.6 is 0 Å². The minimum absolute atomic E-state index is 0.0744. The molecule has 0 aliphatic rings. The van der Waals surface area contributed by atoms with Gasteiger partial charge in [0, 0.05) is 13.0 Å². The van der Waals surface area contributed by atoms with Crippen molar-refractivity contribution in [1.82, 2.24) is 0 Å². The molecule has 0 radical (unpaired) electrons. The summed E-state index contributed by atoms with van der Waals surface area (Å²) >= 11 is 0. The van der Waals surface area contributed by atoms with Gasteiger partial charge in [0.25, 0.3) is 0 Å². The molecule has 0 heterocycles. The van der Waals surface area contributed by atoms with Crippen molar-refractivity contribution < 1.29 is 9.84 Å². The highest BCUT2D eigenvalue weighted by Gasteiger charge is 2.15. The van der Waals surface area contributed by atoms with E-state index < -0.39 is 0 Å². The Morgan fingerprint density at radius 1 is 1.55 bits per heavy atom. The molecule has 0 saturated carbocycles. The first-order valence-corrected chi connectivity index (χ1v) is 3.74. The molecule has 1 unspecified atom stereocenters. The highest BCUT2D eigenvalue weighted by molar-refractivity contribution is 4.95. The summed E-state index contributed by atoms with van der Waals surface area (Å²) in [6.45, 7) is 5.89. The van der Waals surface area contributed by atoms with E-state index in [2.05, 4.69) is 5.92 Å². The van der Waals surface area contributed by atoms with Gasteiger partial charge >= 0.3 is 0 Å². The van der Waals surface area contributed by atoms with E-state index in [1.807, 2.05) is 20.8 Å². The number of terminal acetylenes is 1. The van der Waals surface area contributed by atoms with E-state index in [1.165, 1.54) is 0 Å². The molecule has 0 aliphatic heterocycles. The predicted molar refractivity (Wildman–Crippen MR) is 45.2 cm³/mol. The zero-order valence-corrected chi connectivity index (χ0v) is 7.42. The lowest BCUT2D eigenvalue weighted by Crippen LogP contribution is -2.27. The summed E-state index contributed by atoms with van der Waals surface area (Å²) in [6, 6.07) is 0. The minimum Gasteiger partial charge on any atom is -0.396 e. The summed E-state index contributed by atoms with van der Waals surface area (Å²) in [5.74, 6) is 2.48. The van der Waals surface area contributed by atoms with Crippen molar-refractivity contribution in [2.75, 3.05) is 6.61 Å². The maximum atomic E-state index is 8.59. The maximum absolute atomic E-state index is 8.59. The predicted octanol–water partition coefficient (Wildman–Crippen LogP) is 1.19. The van der Waals surface area contributed by atoms with Crippen LogP contribution in [0.3, 0.4) is 0 Å². The van der Waals surface area contributed by atoms with Gasteiger partial charge in [-0.3, -0.25) is 0 Å². The fourth-order valence-corrected chi connectivity index (χ4v) is 0.720. The van der Waals surface area contributed by atoms with Crippen LogP contribution in [0.4, 0.5) is 0 Å². The maximum Gasteiger partial charge on any atom is 0.120 e. The molecule has 0 rings (SSSR count). The van der Waals surface area contributed by atoms with Gasteiger partial charge in [0.2, 0.25) is 0 Å². The largest absolute Gasteiger partial charge is 0.396 e. The van der Waals surface area contributed by atoms with Crippen LogP contribution in [0.5, 0.6) is 0 Å². The van der Waals surface area contributed by atoms with E-state index in [9.17, 15) is 0 Å². The van der Waals surface area contributed by atoms with E-state index in [1.54, 1.807) is 0 Å². The Labute approximate surface area is 68.6 Å². The quantitative estimate of drug-likeness (QED) is 0.622. The molecule has 1 N–H and O–H groups in total. The molecular weight excluding hydrogens is 140 g/mol. The molecule has 0 bridgehead atoms. The molecule has 2 heteroatoms. The Balaban J connectivity index is 3.81. The lowest BCUT2D eigenvalue weighted by molar-refractivity contribution is -0.0412. The third kappa shape index (κ3) is 5.90. The van der Waals surface area contributed by atoms with Crippen LogP contribution in [-0.2, 0) is 4.74 Å². The van der Waals surface area contributed by atoms with Crippen molar-refractivity contribution in [2.24, 2.45) is 0 Å². The summed E-state index contributed by atoms with van der Waals surface area (Å²) in [4.78, 5) is 0. The Hall–Kier alpha value is -0.520. The van der Waals surface area contributed by atoms with Crippen molar-refractivity contribution in [3.8, 4) is 12.3 Å². The average molecular weight is 156 g/mol. The van der Waals surface area contributed by atoms with Gasteiger partial charge in [0.05, 0.1) is 5.60 Å². The molecule has 0 spiro atoms. The molecule has 2 nitrogen and oxygen atoms in total. The SMILES string of the molecule is C#CC(CCO)OC(C)(C)C. The fourth-order valence-electron chi connectivity index (χ4n) is 0.720. The number of hydrogen-bond donors (Lipinski definition) is 1. The second-order valence-corrected chi connectivity index (χ2v) is 3.40. The first-order chi connectivity index (χ1) is 4.99. The second-order valence-electron chi connectivity index (χ2n) is 3.40. The summed E-state index contributed by atoms with van der Waals surface area (Å²) in [5, 5.41) is 8.59. The Morgan fingerprint density at radius 3 is 2.36 bits per heavy atom. The average Bonchev–Trinajstić information content (AvgIpc) is 1.84. The van der Waals surface area contributed by atoms with E-state index in [4.69, 9.17) is 16.3 Å². The summed E-state index contributed by atoms with van der Waals surface area (Å²) in [5.41, 5.74) is -0.230. The fraction of sp³-hybridized carbons (Fsp3) is 0.778. The summed E-state index contributed by atoms with van der Waals surface area (Å²) in [7, 11) is 0. The monoisotopic (exact) mass is 156 g/mol. The van der Waals surface area contributed by atoms with Crippen molar-refractivity contribution in [3.05, 3.63) is 0 Å². The lowest BCUT2D eigenvalue weighted by atomic mass is 10.1. The molecule has 0 amide bonds. The third-order valence-electron chi connectivity index (χ3n) is 1.07. The molecule has 0 aromatic heterocycles. The van der Waals surface area contributed by atoms with Gasteiger partial charge in [-0.25, -0.2) is 0 Å². The van der Waals surface area contributed by atoms with Crippen LogP contribution in [-0.4, -0.2) is 23.4 Å². The number of aliphatic hydroxyl groups excluding tert-OH is 1. The number of rotatable bonds is 3. The highest BCUT2D eigenvalue weighted by Crippen LogP contribution is 2.11. The zero-order valence-electron chi connectivity index (χ0n) is 7.42. The molecule has 0 fully saturated rings. The second kappa shape index (κ2) is 4.38. The summed E-state index contributed by atoms with van der Waals surface area (Å²) in [6.07, 6.45) is 5.42. The van der Waals surface area contributed by atoms with Crippen molar-refractivity contribution in [2.45, 2.75) is 38.9 Å². The van der Waals surface area contributed by atoms with Crippen LogP contribution in [0.25, 0.3) is 0 Å². The van der Waals surface area contributed by atoms with Crippen molar-refractivity contribution in [1.29, 1.82) is 0 Å². The van der Waals surface area contributed by atoms with Crippen LogP contribution < -0.4 is 0 Å². The van der Waals surface area contributed by atoms with Crippen molar-refractivity contribution >= 4 is 0 Å². The lowest BCUT2D eigenvalue weighted by Gasteiger charge is -2.23. The van der Waals surface area contributed by atoms with Gasteiger partial charge < -0.3 is 9.84 Å². The number of aliphatic hydroxyl groups is 1. The zero-order chi connectivity index (χ0) is 8.91. The number of hydrogen-bond acceptors (Lipinski definition) is 2. The highest BCUT2D eigenvalue weighted by atomic mass is 16.5. The first-order valence-electron chi connectivity index (χ1n) is 3.74. The first kappa shape index (κ1) is 10.5. The van der Waals surface area contributed by atoms with E-state index in [0.717, 1.165) is 0 Å². The molecule has 1 atom stereocenters. The van der Waals surface area contributed by atoms with Gasteiger partial charge in [-0.05, 0) is 20.8 Å². The third-order valence-corrected chi connectivity index (χ3v) is 1.07. The van der Waals surface area contributed by atoms with Crippen LogP contribution in [0.2, 0.25) is 0 Å². The smallest absolute Gasteiger partial charge is 0.120 e. The Morgan fingerprint density at radius 2 is 2.09 bits per heavy atom. The molecule has 0 saturated heterocycles. The van der Waals surface area contributed by atoms with Gasteiger partial charge in [0.15, 0.2) is 0 Å². The molecule has 64 valence electrons. The Kier molecular flexibility index (Phi) is 4.17. The van der Waals surface area contributed by atoms with Crippen LogP contribution in [0.15, 0.2) is 0 Å². The summed E-state index contributed by atoms with van der Waals surface area (Å²) < 4.78 is 5.43. The molecular formula is C9H16O2. The van der Waals surface area contributed by atoms with E-state index in [-0.39, 0.29) is 18.3 Å². The molecule has 0 aromatic rings. The van der Waals surface area contributed by atoms with E-state index >= 15 is 0 Å². The molecule has 0 aliphatic carbocycles. The van der Waals surface area contributed by atoms with Gasteiger partial charge in [0.1, 0.15) is 6.10 Å². The topological polar surface area (TPSA) is 29.5 Å². The Bertz CT molecular complexity index is 139. The van der Waals surface area contributed by atoms with Crippen molar-refractivity contribution in [3.63, 3.8) is 0 Å². The van der Waals surface area contributed by atoms with Gasteiger partial charge in [-0.2, -0.15) is 0 Å². The van der Waals surface area contributed by atoms with Gasteiger partial charge in [-0.15, -0.1) is 6.42 Å². The van der Waals surface area contributed by atoms with E-state index in [0.29, 0.717) is 6.42 Å². The standard InChI is InChI=1S/C9H16O2/c1-5-8(6-7-10)11-9(2,3)4/h1,8,10H,6-7H2,2-4H3. The molecule has 11 heavy (non-hydrogen) atoms. The van der Waals surface area contributed by atoms with Crippen LogP contribution in [0.1, 0.15) is 27.2 Å². The normalized spacial score (nSPS) is 14.1. The number of ether oxygens (including phenoxy) is 1.